The summed E-state index contributed by atoms with van der Waals surface area (Å²) >= 11 is 0. The average molecular weight is 447 g/mol. The molecule has 2 aromatic rings. The molecule has 0 saturated heterocycles. The zero-order valence-electron chi connectivity index (χ0n) is 19.1. The van der Waals surface area contributed by atoms with Gasteiger partial charge in [-0.25, -0.2) is 18.0 Å². The maximum absolute atomic E-state index is 15.1. The minimum Gasteiger partial charge on any atom is -0.465 e. The van der Waals surface area contributed by atoms with Gasteiger partial charge in [0.15, 0.2) is 11.6 Å². The number of methoxy groups -OCH3 is 1. The Hall–Kier alpha value is -2.04. The lowest BCUT2D eigenvalue weighted by atomic mass is 9.63. The van der Waals surface area contributed by atoms with Gasteiger partial charge in [0.1, 0.15) is 5.82 Å². The molecule has 0 spiro atoms. The maximum Gasteiger partial charge on any atom is 0.340 e. The first-order chi connectivity index (χ1) is 15.4. The van der Waals surface area contributed by atoms with Crippen molar-refractivity contribution in [1.29, 1.82) is 0 Å². The highest BCUT2D eigenvalue weighted by Crippen LogP contribution is 2.49. The lowest BCUT2D eigenvalue weighted by Crippen LogP contribution is -2.30. The van der Waals surface area contributed by atoms with Gasteiger partial charge in [-0.3, -0.25) is 0 Å². The van der Waals surface area contributed by atoms with E-state index >= 15 is 4.39 Å². The van der Waals surface area contributed by atoms with Crippen molar-refractivity contribution in [2.24, 2.45) is 17.8 Å². The lowest BCUT2D eigenvalue weighted by molar-refractivity contribution is 0.0596. The molecule has 174 valence electrons. The zero-order chi connectivity index (χ0) is 22.8. The predicted molar refractivity (Wildman–Crippen MR) is 120 cm³/mol. The summed E-state index contributed by atoms with van der Waals surface area (Å²) in [4.78, 5) is 11.7. The minimum atomic E-state index is -1.21. The van der Waals surface area contributed by atoms with Crippen LogP contribution in [0.5, 0.6) is 0 Å². The van der Waals surface area contributed by atoms with Crippen molar-refractivity contribution in [3.05, 3.63) is 46.8 Å². The van der Waals surface area contributed by atoms with E-state index in [4.69, 9.17) is 0 Å². The highest BCUT2D eigenvalue weighted by molar-refractivity contribution is 5.96. The van der Waals surface area contributed by atoms with Gasteiger partial charge >= 0.3 is 5.97 Å². The second-order valence-electron chi connectivity index (χ2n) is 9.82. The molecule has 4 rings (SSSR count). The molecule has 4 atom stereocenters. The van der Waals surface area contributed by atoms with Gasteiger partial charge in [0, 0.05) is 0 Å². The van der Waals surface area contributed by atoms with Gasteiger partial charge in [0.05, 0.1) is 18.1 Å². The number of benzene rings is 2. The summed E-state index contributed by atoms with van der Waals surface area (Å²) in [6, 6.07) is 4.34. The molecule has 0 radical (unpaired) electrons. The van der Waals surface area contributed by atoms with Crippen molar-refractivity contribution in [2.75, 3.05) is 7.11 Å². The Balaban J connectivity index is 1.54. The fourth-order valence-electron chi connectivity index (χ4n) is 6.18. The Morgan fingerprint density at radius 1 is 0.969 bits per heavy atom. The molecule has 4 unspecified atom stereocenters. The monoisotopic (exact) mass is 446 g/mol. The molecular weight excluding hydrogens is 413 g/mol. The van der Waals surface area contributed by atoms with E-state index in [-0.39, 0.29) is 16.9 Å². The molecule has 2 aromatic carbocycles. The summed E-state index contributed by atoms with van der Waals surface area (Å²) < 4.78 is 49.4. The SMILES string of the molecule is CCCCCC1CCC2CC(c3cc4ccc(C(=O)OC)c(F)c4c(F)c3F)CCC2C1. The van der Waals surface area contributed by atoms with Gasteiger partial charge in [-0.05, 0) is 78.9 Å². The molecule has 0 heterocycles. The van der Waals surface area contributed by atoms with Crippen LogP contribution >= 0.6 is 0 Å². The molecule has 0 aliphatic heterocycles. The second-order valence-corrected chi connectivity index (χ2v) is 9.82. The highest BCUT2D eigenvalue weighted by atomic mass is 19.2. The van der Waals surface area contributed by atoms with Crippen LogP contribution in [-0.4, -0.2) is 13.1 Å². The van der Waals surface area contributed by atoms with Crippen LogP contribution in [0.1, 0.15) is 93.0 Å². The summed E-state index contributed by atoms with van der Waals surface area (Å²) in [5.41, 5.74) is -0.0361. The Labute approximate surface area is 188 Å². The van der Waals surface area contributed by atoms with Gasteiger partial charge < -0.3 is 4.74 Å². The van der Waals surface area contributed by atoms with Crippen LogP contribution in [-0.2, 0) is 4.74 Å². The number of hydrogen-bond donors (Lipinski definition) is 0. The van der Waals surface area contributed by atoms with Crippen LogP contribution < -0.4 is 0 Å². The highest BCUT2D eigenvalue weighted by Gasteiger charge is 2.37. The molecular formula is C27H33F3O2. The molecule has 32 heavy (non-hydrogen) atoms. The van der Waals surface area contributed by atoms with E-state index in [0.29, 0.717) is 17.4 Å². The first-order valence-electron chi connectivity index (χ1n) is 12.1. The van der Waals surface area contributed by atoms with Gasteiger partial charge in [-0.2, -0.15) is 0 Å². The topological polar surface area (TPSA) is 26.3 Å². The van der Waals surface area contributed by atoms with E-state index in [2.05, 4.69) is 11.7 Å². The van der Waals surface area contributed by atoms with Gasteiger partial charge in [-0.1, -0.05) is 45.1 Å². The van der Waals surface area contributed by atoms with Crippen LogP contribution in [0.3, 0.4) is 0 Å². The Kier molecular flexibility index (Phi) is 7.11. The molecule has 2 aliphatic rings. The number of hydrogen-bond acceptors (Lipinski definition) is 2. The molecule has 2 saturated carbocycles. The number of carbonyl (C=O) groups is 1. The molecule has 0 aromatic heterocycles. The number of rotatable bonds is 6. The van der Waals surface area contributed by atoms with E-state index in [9.17, 15) is 13.6 Å². The van der Waals surface area contributed by atoms with Crippen molar-refractivity contribution >= 4 is 16.7 Å². The quantitative estimate of drug-likeness (QED) is 0.333. The number of unbranched alkanes of at least 4 members (excludes halogenated alkanes) is 2. The first kappa shape index (κ1) is 23.1. The molecule has 0 bridgehead atoms. The zero-order valence-corrected chi connectivity index (χ0v) is 19.1. The van der Waals surface area contributed by atoms with Crippen molar-refractivity contribution in [3.63, 3.8) is 0 Å². The smallest absolute Gasteiger partial charge is 0.340 e. The number of fused-ring (bicyclic) bond motifs is 2. The summed E-state index contributed by atoms with van der Waals surface area (Å²) in [6.07, 6.45) is 11.7. The van der Waals surface area contributed by atoms with E-state index in [1.54, 1.807) is 6.07 Å². The van der Waals surface area contributed by atoms with Crippen LogP contribution in [0, 0.1) is 35.2 Å². The van der Waals surface area contributed by atoms with Gasteiger partial charge in [0.2, 0.25) is 0 Å². The van der Waals surface area contributed by atoms with Crippen molar-refractivity contribution in [2.45, 2.75) is 77.0 Å². The number of ether oxygens (including phenoxy) is 1. The third kappa shape index (κ3) is 4.40. The average Bonchev–Trinajstić information content (AvgIpc) is 2.80. The largest absolute Gasteiger partial charge is 0.465 e. The molecule has 0 N–H and O–H groups in total. The summed E-state index contributed by atoms with van der Waals surface area (Å²) in [5.74, 6) is -2.12. The van der Waals surface area contributed by atoms with Crippen molar-refractivity contribution < 1.29 is 22.7 Å². The molecule has 0 amide bonds. The summed E-state index contributed by atoms with van der Waals surface area (Å²) in [7, 11) is 1.13. The Morgan fingerprint density at radius 2 is 1.72 bits per heavy atom. The maximum atomic E-state index is 15.1. The third-order valence-electron chi connectivity index (χ3n) is 7.93. The minimum absolute atomic E-state index is 0.0462. The Morgan fingerprint density at radius 3 is 2.47 bits per heavy atom. The van der Waals surface area contributed by atoms with Crippen molar-refractivity contribution in [3.8, 4) is 0 Å². The Bertz CT molecular complexity index is 987. The van der Waals surface area contributed by atoms with Gasteiger partial charge in [0.25, 0.3) is 0 Å². The van der Waals surface area contributed by atoms with E-state index < -0.39 is 28.8 Å². The summed E-state index contributed by atoms with van der Waals surface area (Å²) in [6.45, 7) is 2.24. The molecule has 2 aliphatic carbocycles. The van der Waals surface area contributed by atoms with E-state index in [0.717, 1.165) is 32.3 Å². The fraction of sp³-hybridized carbons (Fsp3) is 0.593. The normalized spacial score (nSPS) is 25.5. The second kappa shape index (κ2) is 9.84. The van der Waals surface area contributed by atoms with E-state index in [1.165, 1.54) is 57.1 Å². The molecule has 2 fully saturated rings. The molecule has 2 nitrogen and oxygen atoms in total. The summed E-state index contributed by atoms with van der Waals surface area (Å²) in [5, 5.41) is -0.193. The number of halogens is 3. The third-order valence-corrected chi connectivity index (χ3v) is 7.93. The lowest BCUT2D eigenvalue weighted by Gasteiger charge is -2.42. The number of carbonyl (C=O) groups excluding carboxylic acids is 1. The van der Waals surface area contributed by atoms with Crippen LogP contribution in [0.25, 0.3) is 10.8 Å². The predicted octanol–water partition coefficient (Wildman–Crippen LogP) is 7.92. The van der Waals surface area contributed by atoms with Crippen LogP contribution in [0.4, 0.5) is 13.2 Å². The number of esters is 1. The van der Waals surface area contributed by atoms with Crippen LogP contribution in [0.15, 0.2) is 18.2 Å². The van der Waals surface area contributed by atoms with Gasteiger partial charge in [-0.15, -0.1) is 0 Å². The molecule has 5 heteroatoms. The van der Waals surface area contributed by atoms with Crippen LogP contribution in [0.2, 0.25) is 0 Å². The standard InChI is InChI=1S/C27H33F3O2/c1-3-4-5-6-16-7-8-18-14-19(10-9-17(18)13-16)22-15-20-11-12-21(27(31)32-2)24(28)23(20)26(30)25(22)29/h11-12,15-19H,3-10,13-14H2,1-2H3. The fourth-order valence-corrected chi connectivity index (χ4v) is 6.18. The van der Waals surface area contributed by atoms with Crippen molar-refractivity contribution in [1.82, 2.24) is 0 Å². The first-order valence-corrected chi connectivity index (χ1v) is 12.1. The van der Waals surface area contributed by atoms with E-state index in [1.807, 2.05) is 0 Å².